The van der Waals surface area contributed by atoms with E-state index in [1.54, 1.807) is 6.07 Å². The maximum absolute atomic E-state index is 12.2. The van der Waals surface area contributed by atoms with Crippen LogP contribution in [-0.2, 0) is 9.53 Å². The lowest BCUT2D eigenvalue weighted by atomic mass is 10.0. The van der Waals surface area contributed by atoms with Crippen LogP contribution in [0.3, 0.4) is 0 Å². The molecule has 0 aliphatic rings. The Morgan fingerprint density at radius 2 is 1.71 bits per heavy atom. The molecule has 0 bridgehead atoms. The molecular weight excluding hydrogens is 268 g/mol. The first-order chi connectivity index (χ1) is 10.2. The molecule has 21 heavy (non-hydrogen) atoms. The molecule has 0 spiro atoms. The Kier molecular flexibility index (Phi) is 5.29. The van der Waals surface area contributed by atoms with Gasteiger partial charge in [0.2, 0.25) is 5.91 Å². The van der Waals surface area contributed by atoms with E-state index in [0.29, 0.717) is 18.7 Å². The zero-order chi connectivity index (χ0) is 15.1. The minimum atomic E-state index is -0.197. The lowest BCUT2D eigenvalue weighted by Crippen LogP contribution is -2.36. The summed E-state index contributed by atoms with van der Waals surface area (Å²) in [6, 6.07) is 13.4. The molecule has 0 atom stereocenters. The van der Waals surface area contributed by atoms with E-state index in [-0.39, 0.29) is 18.4 Å². The SMILES string of the molecule is COCC(=O)NCCNC(=O)c1cccc2ccccc12. The molecule has 0 aliphatic carbocycles. The van der Waals surface area contributed by atoms with Crippen molar-refractivity contribution in [1.82, 2.24) is 10.6 Å². The smallest absolute Gasteiger partial charge is 0.251 e. The largest absolute Gasteiger partial charge is 0.375 e. The Balaban J connectivity index is 1.92. The summed E-state index contributed by atoms with van der Waals surface area (Å²) < 4.78 is 4.70. The number of hydrogen-bond donors (Lipinski definition) is 2. The predicted molar refractivity (Wildman–Crippen MR) is 81.2 cm³/mol. The number of amides is 2. The highest BCUT2D eigenvalue weighted by Gasteiger charge is 2.08. The molecule has 2 amide bonds. The molecule has 5 nitrogen and oxygen atoms in total. The molecule has 0 heterocycles. The molecule has 0 aliphatic heterocycles. The Bertz CT molecular complexity index is 635. The number of fused-ring (bicyclic) bond motifs is 1. The van der Waals surface area contributed by atoms with Crippen molar-refractivity contribution >= 4 is 22.6 Å². The highest BCUT2D eigenvalue weighted by molar-refractivity contribution is 6.06. The van der Waals surface area contributed by atoms with E-state index in [2.05, 4.69) is 10.6 Å². The van der Waals surface area contributed by atoms with Gasteiger partial charge in [-0.3, -0.25) is 9.59 Å². The van der Waals surface area contributed by atoms with Gasteiger partial charge in [-0.2, -0.15) is 0 Å². The fourth-order valence-corrected chi connectivity index (χ4v) is 2.08. The second-order valence-electron chi connectivity index (χ2n) is 4.57. The molecule has 110 valence electrons. The van der Waals surface area contributed by atoms with Crippen molar-refractivity contribution < 1.29 is 14.3 Å². The number of benzene rings is 2. The monoisotopic (exact) mass is 286 g/mol. The first-order valence-electron chi connectivity index (χ1n) is 6.74. The van der Waals surface area contributed by atoms with Crippen LogP contribution >= 0.6 is 0 Å². The number of hydrogen-bond acceptors (Lipinski definition) is 3. The lowest BCUT2D eigenvalue weighted by Gasteiger charge is -2.09. The van der Waals surface area contributed by atoms with E-state index in [1.807, 2.05) is 36.4 Å². The molecule has 0 saturated carbocycles. The van der Waals surface area contributed by atoms with Gasteiger partial charge >= 0.3 is 0 Å². The fraction of sp³-hybridized carbons (Fsp3) is 0.250. The summed E-state index contributed by atoms with van der Waals surface area (Å²) in [7, 11) is 1.46. The molecule has 5 heteroatoms. The van der Waals surface area contributed by atoms with E-state index < -0.39 is 0 Å². The van der Waals surface area contributed by atoms with Crippen molar-refractivity contribution in [3.05, 3.63) is 48.0 Å². The summed E-state index contributed by atoms with van der Waals surface area (Å²) in [6.45, 7) is 0.771. The minimum absolute atomic E-state index is 0.0251. The van der Waals surface area contributed by atoms with Gasteiger partial charge in [-0.15, -0.1) is 0 Å². The van der Waals surface area contributed by atoms with Gasteiger partial charge in [0.05, 0.1) is 0 Å². The van der Waals surface area contributed by atoms with Crippen molar-refractivity contribution in [1.29, 1.82) is 0 Å². The van der Waals surface area contributed by atoms with Crippen molar-refractivity contribution in [3.63, 3.8) is 0 Å². The van der Waals surface area contributed by atoms with Gasteiger partial charge in [0, 0.05) is 25.8 Å². The predicted octanol–water partition coefficient (Wildman–Crippen LogP) is 1.33. The third-order valence-electron chi connectivity index (χ3n) is 3.04. The summed E-state index contributed by atoms with van der Waals surface area (Å²) in [6.07, 6.45) is 0. The first kappa shape index (κ1) is 15.0. The van der Waals surface area contributed by atoms with Crippen LogP contribution in [0.15, 0.2) is 42.5 Å². The summed E-state index contributed by atoms with van der Waals surface area (Å²) in [4.78, 5) is 23.4. The normalized spacial score (nSPS) is 10.3. The third-order valence-corrected chi connectivity index (χ3v) is 3.04. The molecule has 0 unspecified atom stereocenters. The molecule has 2 rings (SSSR count). The van der Waals surface area contributed by atoms with Crippen LogP contribution in [0.5, 0.6) is 0 Å². The fourth-order valence-electron chi connectivity index (χ4n) is 2.08. The summed E-state index contributed by atoms with van der Waals surface area (Å²) >= 11 is 0. The summed E-state index contributed by atoms with van der Waals surface area (Å²) in [5, 5.41) is 7.39. The second-order valence-corrected chi connectivity index (χ2v) is 4.57. The number of rotatable bonds is 6. The van der Waals surface area contributed by atoms with Crippen LogP contribution in [-0.4, -0.2) is 38.6 Å². The van der Waals surface area contributed by atoms with Gasteiger partial charge in [0.1, 0.15) is 6.61 Å². The van der Waals surface area contributed by atoms with Crippen molar-refractivity contribution in [2.24, 2.45) is 0 Å². The number of carbonyl (C=O) groups excluding carboxylic acids is 2. The standard InChI is InChI=1S/C16H18N2O3/c1-21-11-15(19)17-9-10-18-16(20)14-8-4-6-12-5-2-3-7-13(12)14/h2-8H,9-11H2,1H3,(H,17,19)(H,18,20). The molecule has 0 radical (unpaired) electrons. The van der Waals surface area contributed by atoms with Crippen LogP contribution in [0.1, 0.15) is 10.4 Å². The van der Waals surface area contributed by atoms with E-state index in [4.69, 9.17) is 4.74 Å². The Labute approximate surface area is 123 Å². The summed E-state index contributed by atoms with van der Waals surface area (Å²) in [5.41, 5.74) is 0.635. The highest BCUT2D eigenvalue weighted by Crippen LogP contribution is 2.18. The molecular formula is C16H18N2O3. The molecule has 2 N–H and O–H groups in total. The summed E-state index contributed by atoms with van der Waals surface area (Å²) in [5.74, 6) is -0.343. The van der Waals surface area contributed by atoms with E-state index in [0.717, 1.165) is 10.8 Å². The zero-order valence-electron chi connectivity index (χ0n) is 11.9. The van der Waals surface area contributed by atoms with Crippen LogP contribution in [0.2, 0.25) is 0 Å². The molecule has 0 aromatic heterocycles. The Hall–Kier alpha value is -2.40. The first-order valence-corrected chi connectivity index (χ1v) is 6.74. The number of ether oxygens (including phenoxy) is 1. The maximum atomic E-state index is 12.2. The lowest BCUT2D eigenvalue weighted by molar-refractivity contribution is -0.124. The van der Waals surface area contributed by atoms with Crippen molar-refractivity contribution in [2.75, 3.05) is 26.8 Å². The molecule has 0 saturated heterocycles. The van der Waals surface area contributed by atoms with E-state index >= 15 is 0 Å². The number of carbonyl (C=O) groups is 2. The van der Waals surface area contributed by atoms with Crippen LogP contribution in [0.4, 0.5) is 0 Å². The van der Waals surface area contributed by atoms with Gasteiger partial charge < -0.3 is 15.4 Å². The van der Waals surface area contributed by atoms with Gasteiger partial charge in [-0.1, -0.05) is 36.4 Å². The number of methoxy groups -OCH3 is 1. The van der Waals surface area contributed by atoms with Crippen LogP contribution < -0.4 is 10.6 Å². The van der Waals surface area contributed by atoms with Crippen LogP contribution in [0.25, 0.3) is 10.8 Å². The average Bonchev–Trinajstić information content (AvgIpc) is 2.51. The molecule has 2 aromatic rings. The topological polar surface area (TPSA) is 67.4 Å². The number of nitrogens with one attached hydrogen (secondary N) is 2. The quantitative estimate of drug-likeness (QED) is 0.787. The van der Waals surface area contributed by atoms with Gasteiger partial charge in [0.15, 0.2) is 0 Å². The van der Waals surface area contributed by atoms with Crippen molar-refractivity contribution in [3.8, 4) is 0 Å². The van der Waals surface area contributed by atoms with Gasteiger partial charge in [-0.05, 0) is 16.8 Å². The Morgan fingerprint density at radius 3 is 2.52 bits per heavy atom. The van der Waals surface area contributed by atoms with Crippen molar-refractivity contribution in [2.45, 2.75) is 0 Å². The molecule has 0 fully saturated rings. The minimum Gasteiger partial charge on any atom is -0.375 e. The second kappa shape index (κ2) is 7.40. The Morgan fingerprint density at radius 1 is 1.00 bits per heavy atom. The van der Waals surface area contributed by atoms with Gasteiger partial charge in [-0.25, -0.2) is 0 Å². The third kappa shape index (κ3) is 4.03. The zero-order valence-corrected chi connectivity index (χ0v) is 11.9. The van der Waals surface area contributed by atoms with E-state index in [1.165, 1.54) is 7.11 Å². The maximum Gasteiger partial charge on any atom is 0.251 e. The van der Waals surface area contributed by atoms with Gasteiger partial charge in [0.25, 0.3) is 5.91 Å². The van der Waals surface area contributed by atoms with E-state index in [9.17, 15) is 9.59 Å². The highest BCUT2D eigenvalue weighted by atomic mass is 16.5. The van der Waals surface area contributed by atoms with Crippen LogP contribution in [0, 0.1) is 0 Å². The average molecular weight is 286 g/mol. The molecule has 2 aromatic carbocycles.